The van der Waals surface area contributed by atoms with E-state index >= 15 is 0 Å². The molecule has 1 aliphatic carbocycles. The molecule has 2 nitrogen and oxygen atoms in total. The highest BCUT2D eigenvalue weighted by Gasteiger charge is 2.04. The summed E-state index contributed by atoms with van der Waals surface area (Å²) < 4.78 is 0. The molecular weight excluding hydrogens is 192 g/mol. The summed E-state index contributed by atoms with van der Waals surface area (Å²) in [7, 11) is 1.99. The fourth-order valence-corrected chi connectivity index (χ4v) is 1.62. The van der Waals surface area contributed by atoms with E-state index in [9.17, 15) is 0 Å². The molecule has 0 amide bonds. The van der Waals surface area contributed by atoms with Crippen molar-refractivity contribution in [3.63, 3.8) is 0 Å². The van der Waals surface area contributed by atoms with Crippen LogP contribution in [0.5, 0.6) is 0 Å². The van der Waals surface area contributed by atoms with Gasteiger partial charge < -0.3 is 5.32 Å². The maximum Gasteiger partial charge on any atom is 0.000420 e. The van der Waals surface area contributed by atoms with Crippen LogP contribution in [0.3, 0.4) is 0 Å². The summed E-state index contributed by atoms with van der Waals surface area (Å²) in [6.45, 7) is 5.07. The topological polar surface area (TPSA) is 38.0 Å². The van der Waals surface area contributed by atoms with Crippen molar-refractivity contribution in [1.82, 2.24) is 5.32 Å². The molecule has 0 saturated heterocycles. The molecule has 3 heteroatoms. The van der Waals surface area contributed by atoms with Crippen LogP contribution in [0.1, 0.15) is 33.1 Å². The van der Waals surface area contributed by atoms with Crippen molar-refractivity contribution in [2.24, 2.45) is 5.14 Å². The van der Waals surface area contributed by atoms with Gasteiger partial charge in [-0.25, -0.2) is 0 Å². The summed E-state index contributed by atoms with van der Waals surface area (Å²) >= 11 is 1.37. The van der Waals surface area contributed by atoms with Gasteiger partial charge in [0.15, 0.2) is 0 Å². The minimum Gasteiger partial charge on any atom is -0.319 e. The molecule has 0 spiro atoms. The zero-order chi connectivity index (χ0) is 10.8. The Bertz CT molecular complexity index is 197. The largest absolute Gasteiger partial charge is 0.319 e. The first kappa shape index (κ1) is 13.8. The first-order valence-electron chi connectivity index (χ1n) is 5.26. The van der Waals surface area contributed by atoms with Crippen molar-refractivity contribution in [2.75, 3.05) is 13.6 Å². The Balaban J connectivity index is 0.000000791. The standard InChI is InChI=1S/C9H16N2S.C2H6/c1-11-7-6-8-2-4-9(12-10)5-3-8;1-2/h2,4,11H,3,5-7,10H2,1H3;1-2H3. The molecule has 0 aliphatic heterocycles. The quantitative estimate of drug-likeness (QED) is 0.707. The Hall–Kier alpha value is -0.250. The molecule has 14 heavy (non-hydrogen) atoms. The SMILES string of the molecule is CC.CNCCC1=CC=C(SN)CC1. The highest BCUT2D eigenvalue weighted by molar-refractivity contribution is 8.00. The lowest BCUT2D eigenvalue weighted by Crippen LogP contribution is -2.09. The molecule has 0 aromatic heterocycles. The molecule has 0 bridgehead atoms. The van der Waals surface area contributed by atoms with Gasteiger partial charge in [-0.3, -0.25) is 5.14 Å². The Morgan fingerprint density at radius 3 is 2.50 bits per heavy atom. The Kier molecular flexibility index (Phi) is 9.14. The smallest absolute Gasteiger partial charge is 0.000420 e. The molecule has 0 heterocycles. The Labute approximate surface area is 92.2 Å². The molecule has 0 fully saturated rings. The van der Waals surface area contributed by atoms with E-state index in [1.54, 1.807) is 0 Å². The number of nitrogens with one attached hydrogen (secondary N) is 1. The predicted molar refractivity (Wildman–Crippen MR) is 67.1 cm³/mol. The zero-order valence-corrected chi connectivity index (χ0v) is 10.3. The van der Waals surface area contributed by atoms with E-state index in [0.717, 1.165) is 19.4 Å². The lowest BCUT2D eigenvalue weighted by Gasteiger charge is -2.12. The van der Waals surface area contributed by atoms with Gasteiger partial charge in [0.05, 0.1) is 0 Å². The van der Waals surface area contributed by atoms with Crippen LogP contribution in [-0.4, -0.2) is 13.6 Å². The summed E-state index contributed by atoms with van der Waals surface area (Å²) in [6, 6.07) is 0. The van der Waals surface area contributed by atoms with Gasteiger partial charge in [0.1, 0.15) is 0 Å². The molecule has 3 N–H and O–H groups in total. The molecule has 0 saturated carbocycles. The van der Waals surface area contributed by atoms with Crippen LogP contribution in [-0.2, 0) is 0 Å². The van der Waals surface area contributed by atoms with Crippen molar-refractivity contribution in [3.05, 3.63) is 22.6 Å². The molecular formula is C11H22N2S. The Morgan fingerprint density at radius 1 is 1.36 bits per heavy atom. The first-order valence-corrected chi connectivity index (χ1v) is 6.14. The van der Waals surface area contributed by atoms with Gasteiger partial charge in [-0.2, -0.15) is 0 Å². The maximum absolute atomic E-state index is 5.46. The van der Waals surface area contributed by atoms with Crippen LogP contribution >= 0.6 is 11.9 Å². The van der Waals surface area contributed by atoms with E-state index in [1.165, 1.54) is 28.8 Å². The van der Waals surface area contributed by atoms with E-state index in [1.807, 2.05) is 20.9 Å². The average molecular weight is 214 g/mol. The predicted octanol–water partition coefficient (Wildman–Crippen LogP) is 2.83. The van der Waals surface area contributed by atoms with Crippen LogP contribution in [0, 0.1) is 0 Å². The second-order valence-corrected chi connectivity index (χ2v) is 3.69. The summed E-state index contributed by atoms with van der Waals surface area (Å²) in [4.78, 5) is 1.29. The van der Waals surface area contributed by atoms with Crippen molar-refractivity contribution in [1.29, 1.82) is 0 Å². The Morgan fingerprint density at radius 2 is 2.07 bits per heavy atom. The van der Waals surface area contributed by atoms with Crippen LogP contribution < -0.4 is 10.5 Å². The lowest BCUT2D eigenvalue weighted by atomic mass is 10.0. The fraction of sp³-hybridized carbons (Fsp3) is 0.636. The van der Waals surface area contributed by atoms with E-state index in [4.69, 9.17) is 5.14 Å². The minimum atomic E-state index is 1.07. The third-order valence-corrected chi connectivity index (χ3v) is 2.69. The van der Waals surface area contributed by atoms with Crippen LogP contribution in [0.25, 0.3) is 0 Å². The maximum atomic E-state index is 5.46. The number of allylic oxidation sites excluding steroid dienone is 3. The highest BCUT2D eigenvalue weighted by atomic mass is 32.2. The molecule has 0 radical (unpaired) electrons. The molecule has 0 unspecified atom stereocenters. The highest BCUT2D eigenvalue weighted by Crippen LogP contribution is 2.24. The van der Waals surface area contributed by atoms with Gasteiger partial charge in [0.2, 0.25) is 0 Å². The second-order valence-electron chi connectivity index (χ2n) is 2.93. The van der Waals surface area contributed by atoms with Gasteiger partial charge in [-0.1, -0.05) is 43.5 Å². The number of nitrogens with two attached hydrogens (primary N) is 1. The van der Waals surface area contributed by atoms with Crippen LogP contribution in [0.15, 0.2) is 22.6 Å². The van der Waals surface area contributed by atoms with Crippen LogP contribution in [0.4, 0.5) is 0 Å². The van der Waals surface area contributed by atoms with Gasteiger partial charge >= 0.3 is 0 Å². The van der Waals surface area contributed by atoms with Crippen molar-refractivity contribution >= 4 is 11.9 Å². The third-order valence-electron chi connectivity index (χ3n) is 2.04. The molecule has 82 valence electrons. The van der Waals surface area contributed by atoms with E-state index in [2.05, 4.69) is 17.5 Å². The zero-order valence-electron chi connectivity index (χ0n) is 9.47. The third kappa shape index (κ3) is 5.47. The summed E-state index contributed by atoms with van der Waals surface area (Å²) in [6.07, 6.45) is 7.80. The van der Waals surface area contributed by atoms with Gasteiger partial charge in [0, 0.05) is 4.91 Å². The van der Waals surface area contributed by atoms with Crippen molar-refractivity contribution in [2.45, 2.75) is 33.1 Å². The molecule has 0 aromatic rings. The second kappa shape index (κ2) is 9.31. The average Bonchev–Trinajstić information content (AvgIpc) is 2.30. The monoisotopic (exact) mass is 214 g/mol. The summed E-state index contributed by atoms with van der Waals surface area (Å²) in [5, 5.41) is 8.60. The van der Waals surface area contributed by atoms with Crippen LogP contribution in [0.2, 0.25) is 0 Å². The first-order chi connectivity index (χ1) is 6.86. The number of rotatable bonds is 4. The minimum absolute atomic E-state index is 1.07. The molecule has 1 aliphatic rings. The summed E-state index contributed by atoms with van der Waals surface area (Å²) in [5.41, 5.74) is 1.53. The van der Waals surface area contributed by atoms with Gasteiger partial charge in [0.25, 0.3) is 0 Å². The van der Waals surface area contributed by atoms with E-state index in [-0.39, 0.29) is 0 Å². The van der Waals surface area contributed by atoms with E-state index in [0.29, 0.717) is 0 Å². The molecule has 0 aromatic carbocycles. The normalized spacial score (nSPS) is 15.1. The molecule has 0 atom stereocenters. The van der Waals surface area contributed by atoms with Crippen molar-refractivity contribution < 1.29 is 0 Å². The lowest BCUT2D eigenvalue weighted by molar-refractivity contribution is 0.752. The van der Waals surface area contributed by atoms with E-state index < -0.39 is 0 Å². The van der Waals surface area contributed by atoms with Crippen molar-refractivity contribution in [3.8, 4) is 0 Å². The summed E-state index contributed by atoms with van der Waals surface area (Å²) in [5.74, 6) is 0. The number of hydrogen-bond acceptors (Lipinski definition) is 3. The van der Waals surface area contributed by atoms with Gasteiger partial charge in [-0.05, 0) is 32.9 Å². The van der Waals surface area contributed by atoms with Gasteiger partial charge in [-0.15, -0.1) is 0 Å². The fourth-order valence-electron chi connectivity index (χ4n) is 1.25. The number of hydrogen-bond donors (Lipinski definition) is 2. The molecule has 1 rings (SSSR count).